The van der Waals surface area contributed by atoms with Crippen LogP contribution in [0.3, 0.4) is 0 Å². The van der Waals surface area contributed by atoms with Crippen LogP contribution in [0.5, 0.6) is 0 Å². The topological polar surface area (TPSA) is 43.3 Å². The lowest BCUT2D eigenvalue weighted by Crippen LogP contribution is -1.92. The minimum absolute atomic E-state index is 0.788. The summed E-state index contributed by atoms with van der Waals surface area (Å²) in [5.74, 6) is 0. The minimum atomic E-state index is 0.788. The molecule has 2 N–H and O–H groups in total. The molecule has 0 unspecified atom stereocenters. The van der Waals surface area contributed by atoms with E-state index in [0.717, 1.165) is 22.6 Å². The Labute approximate surface area is 106 Å². The van der Waals surface area contributed by atoms with Gasteiger partial charge in [0.15, 0.2) is 0 Å². The Balaban J connectivity index is 2.19. The summed E-state index contributed by atoms with van der Waals surface area (Å²) in [6, 6.07) is 10.1. The van der Waals surface area contributed by atoms with E-state index < -0.39 is 0 Å². The molecule has 0 bridgehead atoms. The summed E-state index contributed by atoms with van der Waals surface area (Å²) < 4.78 is 2.13. The highest BCUT2D eigenvalue weighted by Gasteiger charge is 2.05. The van der Waals surface area contributed by atoms with Gasteiger partial charge in [0.25, 0.3) is 0 Å². The highest BCUT2D eigenvalue weighted by Crippen LogP contribution is 2.24. The van der Waals surface area contributed by atoms with E-state index in [2.05, 4.69) is 21.6 Å². The van der Waals surface area contributed by atoms with Crippen molar-refractivity contribution in [2.24, 2.45) is 0 Å². The molecule has 3 rings (SSSR count). The van der Waals surface area contributed by atoms with Crippen molar-refractivity contribution < 1.29 is 0 Å². The molecule has 18 heavy (non-hydrogen) atoms. The smallest absolute Gasteiger partial charge is 0.0670 e. The summed E-state index contributed by atoms with van der Waals surface area (Å²) in [5, 5.41) is 0. The molecule has 0 aliphatic heterocycles. The zero-order chi connectivity index (χ0) is 12.7. The van der Waals surface area contributed by atoms with Gasteiger partial charge in [-0.15, -0.1) is 0 Å². The molecule has 0 aliphatic carbocycles. The van der Waals surface area contributed by atoms with Gasteiger partial charge in [-0.25, -0.2) is 0 Å². The lowest BCUT2D eigenvalue weighted by atomic mass is 10.1. The van der Waals surface area contributed by atoms with Crippen molar-refractivity contribution in [2.45, 2.75) is 13.8 Å². The molecule has 3 heteroatoms. The van der Waals surface area contributed by atoms with Crippen molar-refractivity contribution in [1.82, 2.24) is 9.38 Å². The van der Waals surface area contributed by atoms with Crippen LogP contribution in [0.1, 0.15) is 11.4 Å². The fourth-order valence-corrected chi connectivity index (χ4v) is 2.26. The summed E-state index contributed by atoms with van der Waals surface area (Å²) in [7, 11) is 0. The van der Waals surface area contributed by atoms with Gasteiger partial charge in [-0.2, -0.15) is 0 Å². The maximum Gasteiger partial charge on any atom is 0.0670 e. The normalized spacial score (nSPS) is 11.0. The lowest BCUT2D eigenvalue weighted by Gasteiger charge is -1.99. The monoisotopic (exact) mass is 237 g/mol. The molecule has 1 aromatic carbocycles. The van der Waals surface area contributed by atoms with Crippen LogP contribution in [0, 0.1) is 13.8 Å². The summed E-state index contributed by atoms with van der Waals surface area (Å²) >= 11 is 0. The summed E-state index contributed by atoms with van der Waals surface area (Å²) in [6.07, 6.45) is 4.17. The number of rotatable bonds is 1. The lowest BCUT2D eigenvalue weighted by molar-refractivity contribution is 1.04. The Bertz CT molecular complexity index is 708. The van der Waals surface area contributed by atoms with E-state index in [-0.39, 0.29) is 0 Å². The Morgan fingerprint density at radius 1 is 1.00 bits per heavy atom. The van der Waals surface area contributed by atoms with Gasteiger partial charge in [-0.1, -0.05) is 12.1 Å². The summed E-state index contributed by atoms with van der Waals surface area (Å²) in [6.45, 7) is 4.05. The molecule has 3 aromatic rings. The van der Waals surface area contributed by atoms with Gasteiger partial charge in [0.2, 0.25) is 0 Å². The molecular formula is C15H15N3. The number of hydrogen-bond donors (Lipinski definition) is 1. The Morgan fingerprint density at radius 3 is 2.44 bits per heavy atom. The predicted octanol–water partition coefficient (Wildman–Crippen LogP) is 3.20. The van der Waals surface area contributed by atoms with Gasteiger partial charge >= 0.3 is 0 Å². The molecule has 0 saturated heterocycles. The number of aryl methyl sites for hydroxylation is 2. The number of fused-ring (bicyclic) bond motifs is 1. The maximum atomic E-state index is 5.71. The molecule has 3 nitrogen and oxygen atoms in total. The first-order valence-corrected chi connectivity index (χ1v) is 5.95. The Hall–Kier alpha value is -2.29. The quantitative estimate of drug-likeness (QED) is 0.660. The van der Waals surface area contributed by atoms with Crippen LogP contribution in [0.15, 0.2) is 42.7 Å². The molecule has 0 saturated carbocycles. The van der Waals surface area contributed by atoms with Gasteiger partial charge in [0, 0.05) is 23.6 Å². The number of benzene rings is 1. The van der Waals surface area contributed by atoms with Crippen molar-refractivity contribution >= 4 is 11.2 Å². The molecule has 0 radical (unpaired) electrons. The minimum Gasteiger partial charge on any atom is -0.399 e. The maximum absolute atomic E-state index is 5.71. The van der Waals surface area contributed by atoms with Crippen molar-refractivity contribution in [2.75, 3.05) is 5.73 Å². The SMILES string of the molecule is Cc1cn2cc(-c3ccc(N)cc3)cc2c(C)n1. The van der Waals surface area contributed by atoms with Crippen LogP contribution in [0.2, 0.25) is 0 Å². The van der Waals surface area contributed by atoms with Gasteiger partial charge < -0.3 is 10.1 Å². The van der Waals surface area contributed by atoms with E-state index in [9.17, 15) is 0 Å². The van der Waals surface area contributed by atoms with E-state index in [0.29, 0.717) is 0 Å². The molecule has 0 fully saturated rings. The summed E-state index contributed by atoms with van der Waals surface area (Å²) in [4.78, 5) is 4.48. The predicted molar refractivity (Wildman–Crippen MR) is 74.5 cm³/mol. The third kappa shape index (κ3) is 1.74. The Morgan fingerprint density at radius 2 is 1.72 bits per heavy atom. The van der Waals surface area contributed by atoms with Crippen LogP contribution < -0.4 is 5.73 Å². The molecule has 2 aromatic heterocycles. The van der Waals surface area contributed by atoms with Crippen LogP contribution in [0.25, 0.3) is 16.6 Å². The van der Waals surface area contributed by atoms with Crippen molar-refractivity contribution in [3.05, 3.63) is 54.1 Å². The van der Waals surface area contributed by atoms with Crippen LogP contribution >= 0.6 is 0 Å². The molecule has 90 valence electrons. The molecule has 0 aliphatic rings. The zero-order valence-corrected chi connectivity index (χ0v) is 10.5. The van der Waals surface area contributed by atoms with Crippen LogP contribution in [-0.2, 0) is 0 Å². The third-order valence-electron chi connectivity index (χ3n) is 3.13. The number of nitrogens with two attached hydrogens (primary N) is 1. The number of anilines is 1. The second-order valence-electron chi connectivity index (χ2n) is 4.61. The van der Waals surface area contributed by atoms with Gasteiger partial charge in [0.05, 0.1) is 16.9 Å². The first kappa shape index (κ1) is 10.8. The first-order chi connectivity index (χ1) is 8.63. The van der Waals surface area contributed by atoms with Gasteiger partial charge in [-0.3, -0.25) is 4.98 Å². The standard InChI is InChI=1S/C15H15N3/c1-10-8-18-9-13(7-15(18)11(2)17-10)12-3-5-14(16)6-4-12/h3-9H,16H2,1-2H3. The van der Waals surface area contributed by atoms with E-state index in [1.807, 2.05) is 44.3 Å². The fraction of sp³-hybridized carbons (Fsp3) is 0.133. The van der Waals surface area contributed by atoms with Crippen LogP contribution in [0.4, 0.5) is 5.69 Å². The van der Waals surface area contributed by atoms with Gasteiger partial charge in [0.1, 0.15) is 0 Å². The zero-order valence-electron chi connectivity index (χ0n) is 10.5. The number of hydrogen-bond acceptors (Lipinski definition) is 2. The van der Waals surface area contributed by atoms with Gasteiger partial charge in [-0.05, 0) is 37.6 Å². The van der Waals surface area contributed by atoms with E-state index in [1.165, 1.54) is 11.1 Å². The molecule has 2 heterocycles. The van der Waals surface area contributed by atoms with E-state index in [1.54, 1.807) is 0 Å². The third-order valence-corrected chi connectivity index (χ3v) is 3.13. The number of nitrogens with zero attached hydrogens (tertiary/aromatic N) is 2. The molecular weight excluding hydrogens is 222 g/mol. The number of aromatic nitrogens is 2. The summed E-state index contributed by atoms with van der Waals surface area (Å²) in [5.41, 5.74) is 12.1. The number of nitrogen functional groups attached to an aromatic ring is 1. The fourth-order valence-electron chi connectivity index (χ4n) is 2.26. The van der Waals surface area contributed by atoms with E-state index in [4.69, 9.17) is 5.73 Å². The van der Waals surface area contributed by atoms with Crippen molar-refractivity contribution in [1.29, 1.82) is 0 Å². The molecule has 0 atom stereocenters. The van der Waals surface area contributed by atoms with Crippen LogP contribution in [-0.4, -0.2) is 9.38 Å². The average Bonchev–Trinajstić information content (AvgIpc) is 2.74. The largest absolute Gasteiger partial charge is 0.399 e. The first-order valence-electron chi connectivity index (χ1n) is 5.95. The second kappa shape index (κ2) is 3.88. The highest BCUT2D eigenvalue weighted by molar-refractivity contribution is 5.72. The second-order valence-corrected chi connectivity index (χ2v) is 4.61. The molecule has 0 amide bonds. The van der Waals surface area contributed by atoms with Crippen molar-refractivity contribution in [3.8, 4) is 11.1 Å². The molecule has 0 spiro atoms. The average molecular weight is 237 g/mol. The Kier molecular flexibility index (Phi) is 2.33. The highest BCUT2D eigenvalue weighted by atomic mass is 14.9. The van der Waals surface area contributed by atoms with E-state index >= 15 is 0 Å². The van der Waals surface area contributed by atoms with Crippen molar-refractivity contribution in [3.63, 3.8) is 0 Å².